The van der Waals surface area contributed by atoms with Crippen LogP contribution in [0.25, 0.3) is 22.3 Å². The van der Waals surface area contributed by atoms with Crippen LogP contribution in [-0.4, -0.2) is 28.4 Å². The fourth-order valence-electron chi connectivity index (χ4n) is 4.96. The molecular formula is C35H34NO4+. The summed E-state index contributed by atoms with van der Waals surface area (Å²) >= 11 is 0. The summed E-state index contributed by atoms with van der Waals surface area (Å²) in [6, 6.07) is 35.2. The van der Waals surface area contributed by atoms with E-state index < -0.39 is 0 Å². The van der Waals surface area contributed by atoms with Gasteiger partial charge in [-0.25, -0.2) is 0 Å². The largest absolute Gasteiger partial charge is 0.497 e. The summed E-state index contributed by atoms with van der Waals surface area (Å²) in [5, 5.41) is 0. The average molecular weight is 533 g/mol. The summed E-state index contributed by atoms with van der Waals surface area (Å²) in [6.07, 6.45) is 2.94. The summed E-state index contributed by atoms with van der Waals surface area (Å²) in [6.45, 7) is 0.672. The molecule has 40 heavy (non-hydrogen) atoms. The van der Waals surface area contributed by atoms with Crippen molar-refractivity contribution in [1.82, 2.24) is 0 Å². The van der Waals surface area contributed by atoms with Crippen LogP contribution < -0.4 is 23.5 Å². The van der Waals surface area contributed by atoms with Crippen LogP contribution >= 0.6 is 0 Å². The topological polar surface area (TPSA) is 40.8 Å². The Morgan fingerprint density at radius 2 is 1.00 bits per heavy atom. The second-order valence-electron chi connectivity index (χ2n) is 9.56. The van der Waals surface area contributed by atoms with Crippen molar-refractivity contribution in [3.63, 3.8) is 0 Å². The maximum atomic E-state index is 5.61. The minimum Gasteiger partial charge on any atom is -0.497 e. The number of ether oxygens (including phenoxy) is 4. The Balaban J connectivity index is 1.75. The number of aromatic nitrogens is 1. The first kappa shape index (κ1) is 26.8. The molecule has 0 bridgehead atoms. The van der Waals surface area contributed by atoms with Crippen molar-refractivity contribution in [3.05, 3.63) is 126 Å². The lowest BCUT2D eigenvalue weighted by Crippen LogP contribution is -2.40. The van der Waals surface area contributed by atoms with E-state index in [1.807, 2.05) is 48.5 Å². The Bertz CT molecular complexity index is 1610. The quantitative estimate of drug-likeness (QED) is 0.182. The van der Waals surface area contributed by atoms with Gasteiger partial charge in [-0.05, 0) is 71.3 Å². The van der Waals surface area contributed by atoms with Gasteiger partial charge in [0.15, 0.2) is 18.4 Å². The average Bonchev–Trinajstić information content (AvgIpc) is 3.02. The molecule has 5 rings (SSSR count). The van der Waals surface area contributed by atoms with Crippen molar-refractivity contribution >= 4 is 0 Å². The van der Waals surface area contributed by atoms with Crippen LogP contribution in [0.4, 0.5) is 0 Å². The van der Waals surface area contributed by atoms with E-state index in [0.29, 0.717) is 13.0 Å². The third-order valence-corrected chi connectivity index (χ3v) is 7.03. The van der Waals surface area contributed by atoms with E-state index >= 15 is 0 Å². The first-order valence-electron chi connectivity index (χ1n) is 13.2. The molecule has 0 N–H and O–H groups in total. The molecule has 0 radical (unpaired) electrons. The molecule has 0 aliphatic carbocycles. The van der Waals surface area contributed by atoms with E-state index in [-0.39, 0.29) is 0 Å². The Morgan fingerprint density at radius 3 is 1.62 bits per heavy atom. The van der Waals surface area contributed by atoms with E-state index in [2.05, 4.69) is 65.4 Å². The first-order valence-corrected chi connectivity index (χ1v) is 13.2. The van der Waals surface area contributed by atoms with E-state index in [0.717, 1.165) is 56.4 Å². The molecular weight excluding hydrogens is 498 g/mol. The smallest absolute Gasteiger partial charge is 0.193 e. The molecule has 202 valence electrons. The minimum atomic E-state index is 0.672. The Labute approximate surface area is 236 Å². The Morgan fingerprint density at radius 1 is 0.500 bits per heavy atom. The van der Waals surface area contributed by atoms with Crippen LogP contribution in [0.15, 0.2) is 109 Å². The highest BCUT2D eigenvalue weighted by Crippen LogP contribution is 2.32. The molecule has 5 nitrogen and oxygen atoms in total. The second-order valence-corrected chi connectivity index (χ2v) is 9.56. The molecule has 1 aromatic heterocycles. The summed E-state index contributed by atoms with van der Waals surface area (Å²) in [4.78, 5) is 0. The van der Waals surface area contributed by atoms with E-state index in [1.54, 1.807) is 28.4 Å². The van der Waals surface area contributed by atoms with Gasteiger partial charge in [-0.2, -0.15) is 4.57 Å². The lowest BCUT2D eigenvalue weighted by molar-refractivity contribution is -0.694. The van der Waals surface area contributed by atoms with Crippen LogP contribution in [0.2, 0.25) is 0 Å². The van der Waals surface area contributed by atoms with Crippen molar-refractivity contribution in [2.75, 3.05) is 28.4 Å². The Hall–Kier alpha value is -4.77. The van der Waals surface area contributed by atoms with E-state index in [9.17, 15) is 0 Å². The van der Waals surface area contributed by atoms with Gasteiger partial charge in [-0.15, -0.1) is 0 Å². The molecule has 0 aliphatic rings. The van der Waals surface area contributed by atoms with Crippen molar-refractivity contribution < 1.29 is 23.5 Å². The SMILES string of the molecule is COc1cccc(Cc2c(-c3cccc(OC)c3)cc(-c3cccc(OC)c3)c[n+]2Cc2cccc(OC)c2)c1. The zero-order valence-electron chi connectivity index (χ0n) is 23.4. The Kier molecular flexibility index (Phi) is 8.31. The van der Waals surface area contributed by atoms with Crippen LogP contribution in [0.3, 0.4) is 0 Å². The van der Waals surface area contributed by atoms with Gasteiger partial charge < -0.3 is 18.9 Å². The molecule has 4 aromatic carbocycles. The van der Waals surface area contributed by atoms with Crippen molar-refractivity contribution in [3.8, 4) is 45.3 Å². The second kappa shape index (κ2) is 12.4. The molecule has 1 heterocycles. The molecule has 0 fully saturated rings. The van der Waals surface area contributed by atoms with Crippen LogP contribution in [0.1, 0.15) is 16.8 Å². The highest BCUT2D eigenvalue weighted by molar-refractivity contribution is 5.74. The van der Waals surface area contributed by atoms with Crippen molar-refractivity contribution in [2.45, 2.75) is 13.0 Å². The minimum absolute atomic E-state index is 0.672. The number of benzene rings is 4. The van der Waals surface area contributed by atoms with Gasteiger partial charge in [0.05, 0.1) is 40.4 Å². The molecule has 5 aromatic rings. The molecule has 0 atom stereocenters. The number of nitrogens with zero attached hydrogens (tertiary/aromatic N) is 1. The fraction of sp³-hybridized carbons (Fsp3) is 0.171. The van der Waals surface area contributed by atoms with Gasteiger partial charge in [0.1, 0.15) is 23.0 Å². The summed E-state index contributed by atoms with van der Waals surface area (Å²) < 4.78 is 24.6. The molecule has 5 heteroatoms. The zero-order chi connectivity index (χ0) is 27.9. The van der Waals surface area contributed by atoms with Crippen LogP contribution in [-0.2, 0) is 13.0 Å². The molecule has 0 unspecified atom stereocenters. The molecule has 0 spiro atoms. The third kappa shape index (κ3) is 6.10. The highest BCUT2D eigenvalue weighted by Gasteiger charge is 2.23. The maximum Gasteiger partial charge on any atom is 0.193 e. The number of rotatable bonds is 10. The number of methoxy groups -OCH3 is 4. The van der Waals surface area contributed by atoms with E-state index in [4.69, 9.17) is 18.9 Å². The number of hydrogen-bond acceptors (Lipinski definition) is 4. The third-order valence-electron chi connectivity index (χ3n) is 7.03. The van der Waals surface area contributed by atoms with Crippen LogP contribution in [0.5, 0.6) is 23.0 Å². The van der Waals surface area contributed by atoms with Gasteiger partial charge >= 0.3 is 0 Å². The van der Waals surface area contributed by atoms with Gasteiger partial charge in [-0.1, -0.05) is 48.5 Å². The van der Waals surface area contributed by atoms with Crippen molar-refractivity contribution in [2.24, 2.45) is 0 Å². The molecule has 0 aliphatic heterocycles. The normalized spacial score (nSPS) is 10.7. The highest BCUT2D eigenvalue weighted by atomic mass is 16.5. The number of pyridine rings is 1. The predicted molar refractivity (Wildman–Crippen MR) is 159 cm³/mol. The van der Waals surface area contributed by atoms with E-state index in [1.165, 1.54) is 5.69 Å². The molecule has 0 saturated carbocycles. The lowest BCUT2D eigenvalue weighted by Gasteiger charge is -2.15. The summed E-state index contributed by atoms with van der Waals surface area (Å²) in [5.74, 6) is 3.31. The van der Waals surface area contributed by atoms with Gasteiger partial charge in [0, 0.05) is 11.1 Å². The lowest BCUT2D eigenvalue weighted by atomic mass is 9.95. The summed E-state index contributed by atoms with van der Waals surface area (Å²) in [5.41, 5.74) is 7.87. The van der Waals surface area contributed by atoms with Gasteiger partial charge in [0.2, 0.25) is 0 Å². The van der Waals surface area contributed by atoms with Crippen molar-refractivity contribution in [1.29, 1.82) is 0 Å². The first-order chi connectivity index (χ1) is 19.6. The zero-order valence-corrected chi connectivity index (χ0v) is 23.4. The molecule has 0 amide bonds. The monoisotopic (exact) mass is 532 g/mol. The van der Waals surface area contributed by atoms with Crippen LogP contribution in [0, 0.1) is 0 Å². The predicted octanol–water partition coefficient (Wildman–Crippen LogP) is 6.98. The fourth-order valence-corrected chi connectivity index (χ4v) is 4.96. The standard InChI is InChI=1S/C35H34NO4/c1-37-30-13-5-9-25(17-30)19-35-34(28-12-8-16-33(21-28)40-4)22-29(27-11-7-15-32(20-27)39-3)24-36(35)23-26-10-6-14-31(18-26)38-2/h5-18,20-22,24H,19,23H2,1-4H3/q+1. The summed E-state index contributed by atoms with van der Waals surface area (Å²) in [7, 11) is 6.80. The molecule has 0 saturated heterocycles. The number of hydrogen-bond donors (Lipinski definition) is 0. The van der Waals surface area contributed by atoms with Gasteiger partial charge in [0.25, 0.3) is 0 Å². The maximum absolute atomic E-state index is 5.61. The van der Waals surface area contributed by atoms with Gasteiger partial charge in [-0.3, -0.25) is 0 Å².